The number of amides is 3. The van der Waals surface area contributed by atoms with Crippen LogP contribution in [0.2, 0.25) is 0 Å². The second-order valence-electron chi connectivity index (χ2n) is 8.82. The maximum absolute atomic E-state index is 15.0. The van der Waals surface area contributed by atoms with Gasteiger partial charge in [-0.15, -0.1) is 0 Å². The van der Waals surface area contributed by atoms with E-state index >= 15 is 0 Å². The standard InChI is InChI=1S/C21H26F4N4O6/c1-21(2,3)35-20(32)29-5-4-27(6-7-33-29)16-14(22)8-12(9-15(16)23)28-11-13(34-19(28)31)10-26-18(30)17(24)25/h8-9,13,17H,4-7,10-11H2,1-3H3,(H,26,30)/t13-/m0/s1. The average molecular weight is 506 g/mol. The van der Waals surface area contributed by atoms with Crippen LogP contribution in [0.5, 0.6) is 0 Å². The molecule has 1 atom stereocenters. The van der Waals surface area contributed by atoms with Crippen molar-refractivity contribution in [2.45, 2.75) is 38.9 Å². The van der Waals surface area contributed by atoms with Gasteiger partial charge in [0.25, 0.3) is 5.91 Å². The number of hydrogen-bond donors (Lipinski definition) is 1. The molecule has 3 rings (SSSR count). The van der Waals surface area contributed by atoms with Gasteiger partial charge in [0.15, 0.2) is 11.6 Å². The molecule has 0 bridgehead atoms. The van der Waals surface area contributed by atoms with Crippen molar-refractivity contribution in [3.05, 3.63) is 23.8 Å². The van der Waals surface area contributed by atoms with E-state index in [0.717, 1.165) is 22.1 Å². The summed E-state index contributed by atoms with van der Waals surface area (Å²) >= 11 is 0. The zero-order valence-electron chi connectivity index (χ0n) is 19.4. The van der Waals surface area contributed by atoms with Crippen LogP contribution in [0.15, 0.2) is 12.1 Å². The maximum atomic E-state index is 15.0. The molecule has 1 aromatic carbocycles. The molecule has 0 spiro atoms. The number of halogens is 4. The van der Waals surface area contributed by atoms with Crippen LogP contribution < -0.4 is 15.1 Å². The van der Waals surface area contributed by atoms with E-state index in [9.17, 15) is 31.9 Å². The van der Waals surface area contributed by atoms with Gasteiger partial charge >= 0.3 is 18.6 Å². The minimum absolute atomic E-state index is 0.0139. The zero-order chi connectivity index (χ0) is 25.9. The number of carbonyl (C=O) groups is 3. The summed E-state index contributed by atoms with van der Waals surface area (Å²) in [5, 5.41) is 2.91. The molecule has 2 saturated heterocycles. The topological polar surface area (TPSA) is 101 Å². The van der Waals surface area contributed by atoms with Gasteiger partial charge in [-0.05, 0) is 20.8 Å². The molecule has 2 fully saturated rings. The number of alkyl halides is 2. The Kier molecular flexibility index (Phi) is 7.93. The lowest BCUT2D eigenvalue weighted by molar-refractivity contribution is -0.137. The lowest BCUT2D eigenvalue weighted by atomic mass is 10.2. The Hall–Kier alpha value is -3.29. The molecule has 1 aromatic rings. The third-order valence-corrected chi connectivity index (χ3v) is 4.98. The number of ether oxygens (including phenoxy) is 2. The maximum Gasteiger partial charge on any atom is 0.434 e. The molecule has 2 heterocycles. The Morgan fingerprint density at radius 2 is 1.83 bits per heavy atom. The second-order valence-corrected chi connectivity index (χ2v) is 8.82. The number of rotatable bonds is 5. The van der Waals surface area contributed by atoms with E-state index in [2.05, 4.69) is 0 Å². The number of hydroxylamine groups is 2. The second kappa shape index (κ2) is 10.5. The minimum Gasteiger partial charge on any atom is -0.442 e. The fourth-order valence-corrected chi connectivity index (χ4v) is 3.47. The van der Waals surface area contributed by atoms with Gasteiger partial charge in [0.2, 0.25) is 0 Å². The van der Waals surface area contributed by atoms with E-state index in [0.29, 0.717) is 0 Å². The Bertz CT molecular complexity index is 951. The van der Waals surface area contributed by atoms with Gasteiger partial charge in [0.1, 0.15) is 17.4 Å². The van der Waals surface area contributed by atoms with Crippen molar-refractivity contribution in [1.29, 1.82) is 0 Å². The van der Waals surface area contributed by atoms with E-state index in [-0.39, 0.29) is 50.7 Å². The van der Waals surface area contributed by atoms with Gasteiger partial charge in [-0.3, -0.25) is 14.5 Å². The minimum atomic E-state index is -3.22. The highest BCUT2D eigenvalue weighted by molar-refractivity contribution is 5.90. The summed E-state index contributed by atoms with van der Waals surface area (Å²) in [6.07, 6.45) is -5.86. The summed E-state index contributed by atoms with van der Waals surface area (Å²) in [6.45, 7) is 4.56. The van der Waals surface area contributed by atoms with Crippen molar-refractivity contribution >= 4 is 29.5 Å². The van der Waals surface area contributed by atoms with Crippen molar-refractivity contribution in [3.8, 4) is 0 Å². The molecule has 0 aliphatic carbocycles. The third-order valence-electron chi connectivity index (χ3n) is 4.98. The van der Waals surface area contributed by atoms with Gasteiger partial charge in [-0.25, -0.2) is 18.4 Å². The first kappa shape index (κ1) is 26.3. The van der Waals surface area contributed by atoms with Crippen molar-refractivity contribution in [3.63, 3.8) is 0 Å². The highest BCUT2D eigenvalue weighted by atomic mass is 19.3. The molecule has 10 nitrogen and oxygen atoms in total. The van der Waals surface area contributed by atoms with E-state index < -0.39 is 47.9 Å². The summed E-state index contributed by atoms with van der Waals surface area (Å²) in [6, 6.07) is 1.88. The number of hydrogen-bond acceptors (Lipinski definition) is 7. The van der Waals surface area contributed by atoms with E-state index in [4.69, 9.17) is 14.3 Å². The Morgan fingerprint density at radius 1 is 1.17 bits per heavy atom. The molecule has 0 unspecified atom stereocenters. The summed E-state index contributed by atoms with van der Waals surface area (Å²) in [4.78, 5) is 43.0. The predicted molar refractivity (Wildman–Crippen MR) is 114 cm³/mol. The molecule has 0 radical (unpaired) electrons. The van der Waals surface area contributed by atoms with Crippen LogP contribution in [-0.2, 0) is 19.1 Å². The highest BCUT2D eigenvalue weighted by Crippen LogP contribution is 2.31. The number of benzene rings is 1. The molecule has 2 aliphatic heterocycles. The number of carbonyl (C=O) groups excluding carboxylic acids is 3. The zero-order valence-corrected chi connectivity index (χ0v) is 19.4. The van der Waals surface area contributed by atoms with Gasteiger partial charge in [0.05, 0.1) is 31.9 Å². The van der Waals surface area contributed by atoms with Crippen molar-refractivity contribution in [1.82, 2.24) is 10.4 Å². The molecule has 2 aliphatic rings. The summed E-state index contributed by atoms with van der Waals surface area (Å²) < 4.78 is 64.8. The Morgan fingerprint density at radius 3 is 2.43 bits per heavy atom. The Balaban J connectivity index is 1.67. The normalized spacial score (nSPS) is 19.0. The van der Waals surface area contributed by atoms with Crippen LogP contribution in [0, 0.1) is 11.6 Å². The van der Waals surface area contributed by atoms with Crippen LogP contribution in [0.1, 0.15) is 20.8 Å². The fraction of sp³-hybridized carbons (Fsp3) is 0.571. The quantitative estimate of drug-likeness (QED) is 0.613. The van der Waals surface area contributed by atoms with Crippen LogP contribution in [0.25, 0.3) is 0 Å². The predicted octanol–water partition coefficient (Wildman–Crippen LogP) is 2.66. The monoisotopic (exact) mass is 506 g/mol. The fourth-order valence-electron chi connectivity index (χ4n) is 3.47. The van der Waals surface area contributed by atoms with E-state index in [1.54, 1.807) is 20.8 Å². The Labute approximate surface area is 198 Å². The molecule has 194 valence electrons. The van der Waals surface area contributed by atoms with Crippen LogP contribution >= 0.6 is 0 Å². The number of nitrogens with one attached hydrogen (secondary N) is 1. The van der Waals surface area contributed by atoms with E-state index in [1.807, 2.05) is 5.32 Å². The van der Waals surface area contributed by atoms with E-state index in [1.165, 1.54) is 4.90 Å². The molecule has 14 heteroatoms. The largest absolute Gasteiger partial charge is 0.442 e. The van der Waals surface area contributed by atoms with Gasteiger partial charge in [-0.2, -0.15) is 13.8 Å². The molecular weight excluding hydrogens is 480 g/mol. The number of nitrogens with zero attached hydrogens (tertiary/aromatic N) is 3. The van der Waals surface area contributed by atoms with Crippen LogP contribution in [0.3, 0.4) is 0 Å². The number of cyclic esters (lactones) is 1. The summed E-state index contributed by atoms with van der Waals surface area (Å²) in [5.41, 5.74) is -1.25. The van der Waals surface area contributed by atoms with Crippen LogP contribution in [-0.4, -0.2) is 80.6 Å². The molecular formula is C21H26F4N4O6. The number of anilines is 2. The molecule has 0 aromatic heterocycles. The molecule has 3 amide bonds. The highest BCUT2D eigenvalue weighted by Gasteiger charge is 2.35. The van der Waals surface area contributed by atoms with Crippen molar-refractivity contribution in [2.24, 2.45) is 0 Å². The first-order chi connectivity index (χ1) is 16.4. The third kappa shape index (κ3) is 6.65. The van der Waals surface area contributed by atoms with Crippen LogP contribution in [0.4, 0.5) is 38.5 Å². The van der Waals surface area contributed by atoms with Crippen molar-refractivity contribution in [2.75, 3.05) is 49.1 Å². The smallest absolute Gasteiger partial charge is 0.434 e. The summed E-state index contributed by atoms with van der Waals surface area (Å²) in [7, 11) is 0. The van der Waals surface area contributed by atoms with Gasteiger partial charge < -0.3 is 19.7 Å². The van der Waals surface area contributed by atoms with Crippen molar-refractivity contribution < 1.29 is 46.3 Å². The molecule has 1 N–H and O–H groups in total. The van der Waals surface area contributed by atoms with Gasteiger partial charge in [0, 0.05) is 25.2 Å². The lowest BCUT2D eigenvalue weighted by Gasteiger charge is -2.26. The first-order valence-corrected chi connectivity index (χ1v) is 10.8. The lowest BCUT2D eigenvalue weighted by Crippen LogP contribution is -2.38. The molecule has 0 saturated carbocycles. The van der Waals surface area contributed by atoms with Gasteiger partial charge in [-0.1, -0.05) is 0 Å². The average Bonchev–Trinajstić information content (AvgIpc) is 2.95. The first-order valence-electron chi connectivity index (χ1n) is 10.8. The SMILES string of the molecule is CC(C)(C)OC(=O)N1CCN(c2c(F)cc(N3C[C@H](CNC(=O)C(F)F)OC3=O)cc2F)CCO1. The summed E-state index contributed by atoms with van der Waals surface area (Å²) in [5.74, 6) is -3.45. The molecule has 35 heavy (non-hydrogen) atoms.